The Morgan fingerprint density at radius 1 is 0.825 bits per heavy atom. The van der Waals surface area contributed by atoms with Gasteiger partial charge in [-0.25, -0.2) is 4.98 Å². The van der Waals surface area contributed by atoms with Crippen LogP contribution in [0.1, 0.15) is 44.1 Å². The highest BCUT2D eigenvalue weighted by Crippen LogP contribution is 2.35. The van der Waals surface area contributed by atoms with E-state index >= 15 is 0 Å². The monoisotopic (exact) mass is 641 g/mol. The molecule has 2 aliphatic carbocycles. The van der Waals surface area contributed by atoms with E-state index in [1.54, 1.807) is 0 Å². The lowest BCUT2D eigenvalue weighted by molar-refractivity contribution is -0.0997. The van der Waals surface area contributed by atoms with Crippen LogP contribution in [0.5, 0.6) is 5.88 Å². The Labute approximate surface area is 248 Å². The molecule has 5 aromatic rings. The Morgan fingerprint density at radius 3 is 2.58 bits per heavy atom. The molecule has 2 aliphatic rings. The Morgan fingerprint density at radius 2 is 1.73 bits per heavy atom. The summed E-state index contributed by atoms with van der Waals surface area (Å²) in [5.41, 5.74) is 7.42. The molecule has 2 aromatic carbocycles. The molecule has 0 bridgehead atoms. The van der Waals surface area contributed by atoms with Gasteiger partial charge in [-0.3, -0.25) is 4.98 Å². The second kappa shape index (κ2) is 11.0. The van der Waals surface area contributed by atoms with Crippen LogP contribution in [0.25, 0.3) is 38.5 Å². The van der Waals surface area contributed by atoms with Gasteiger partial charge < -0.3 is 14.0 Å². The minimum absolute atomic E-state index is 0.176. The van der Waals surface area contributed by atoms with Gasteiger partial charge in [-0.1, -0.05) is 30.3 Å². The molecule has 7 rings (SSSR count). The molecule has 3 heterocycles. The first-order chi connectivity index (χ1) is 19.6. The summed E-state index contributed by atoms with van der Waals surface area (Å²) in [6.45, 7) is 0. The zero-order chi connectivity index (χ0) is 27.1. The molecule has 0 aliphatic heterocycles. The fourth-order valence-electron chi connectivity index (χ4n) is 6.11. The van der Waals surface area contributed by atoms with E-state index in [0.29, 0.717) is 12.0 Å². The number of pyridine rings is 2. The quantitative estimate of drug-likeness (QED) is 0.175. The van der Waals surface area contributed by atoms with Gasteiger partial charge >= 0.3 is 0 Å². The van der Waals surface area contributed by atoms with Crippen LogP contribution in [-0.2, 0) is 11.8 Å². The van der Waals surface area contributed by atoms with E-state index in [1.165, 1.54) is 36.5 Å². The number of allylic oxidation sites excluding steroid dienone is 2. The molecule has 40 heavy (non-hydrogen) atoms. The van der Waals surface area contributed by atoms with Gasteiger partial charge in [0, 0.05) is 70.0 Å². The van der Waals surface area contributed by atoms with E-state index in [2.05, 4.69) is 105 Å². The summed E-state index contributed by atoms with van der Waals surface area (Å²) in [4.78, 5) is 8.94. The fraction of sp³-hybridized carbons (Fsp3) is 0.294. The first kappa shape index (κ1) is 25.7. The average Bonchev–Trinajstić information content (AvgIpc) is 3.09. The number of rotatable bonds is 6. The van der Waals surface area contributed by atoms with Crippen LogP contribution in [0.15, 0.2) is 85.3 Å². The third-order valence-electron chi connectivity index (χ3n) is 8.41. The average molecular weight is 642 g/mol. The number of fused-ring (bicyclic) bond motifs is 3. The lowest BCUT2D eigenvalue weighted by atomic mass is 9.91. The second-order valence-corrected chi connectivity index (χ2v) is 12.3. The molecule has 6 heteroatoms. The lowest BCUT2D eigenvalue weighted by Crippen LogP contribution is -2.41. The molecule has 0 spiro atoms. The molecule has 3 aromatic heterocycles. The molecule has 1 atom stereocenters. The van der Waals surface area contributed by atoms with Gasteiger partial charge in [0.05, 0.1) is 17.7 Å². The van der Waals surface area contributed by atoms with E-state index in [4.69, 9.17) is 9.47 Å². The summed E-state index contributed by atoms with van der Waals surface area (Å²) >= 11 is 2.39. The zero-order valence-corrected chi connectivity index (χ0v) is 24.8. The molecule has 1 unspecified atom stereocenters. The van der Waals surface area contributed by atoms with Crippen molar-refractivity contribution in [2.75, 3.05) is 0 Å². The van der Waals surface area contributed by atoms with E-state index in [-0.39, 0.29) is 12.2 Å². The zero-order valence-electron chi connectivity index (χ0n) is 22.6. The molecule has 0 N–H and O–H groups in total. The van der Waals surface area contributed by atoms with Gasteiger partial charge in [-0.2, -0.15) is 0 Å². The Balaban J connectivity index is 0.926. The van der Waals surface area contributed by atoms with Crippen molar-refractivity contribution in [3.63, 3.8) is 0 Å². The summed E-state index contributed by atoms with van der Waals surface area (Å²) < 4.78 is 16.2. The standard InChI is InChI=1S/C34H32IN3O2/c1-38-32-14-15-36-21-31(32)30-12-9-24(17-33(30)38)25-10-13-34(37-20-25)40-29-18-28(19-29)39-27-7-3-4-22(8-11-27)23-5-2-6-26(35)16-23/h2,4-6,9-10,12-17,20-21,27-29H,3,7-8,11,18-19H2,1H3/t27?,28-,29-. The molecular formula is C34H32IN3O2. The summed E-state index contributed by atoms with van der Waals surface area (Å²) in [7, 11) is 2.11. The number of benzene rings is 2. The van der Waals surface area contributed by atoms with Crippen LogP contribution in [-0.4, -0.2) is 32.8 Å². The van der Waals surface area contributed by atoms with Crippen molar-refractivity contribution in [1.82, 2.24) is 14.5 Å². The van der Waals surface area contributed by atoms with Crippen molar-refractivity contribution < 1.29 is 9.47 Å². The maximum absolute atomic E-state index is 6.49. The maximum atomic E-state index is 6.49. The number of aryl methyl sites for hydroxylation is 1. The smallest absolute Gasteiger partial charge is 0.213 e. The van der Waals surface area contributed by atoms with Crippen LogP contribution in [0, 0.1) is 3.57 Å². The third-order valence-corrected chi connectivity index (χ3v) is 9.08. The largest absolute Gasteiger partial charge is 0.474 e. The van der Waals surface area contributed by atoms with Gasteiger partial charge in [-0.15, -0.1) is 0 Å². The number of hydrogen-bond acceptors (Lipinski definition) is 4. The molecule has 0 amide bonds. The van der Waals surface area contributed by atoms with Crippen molar-refractivity contribution in [3.05, 3.63) is 94.5 Å². The minimum atomic E-state index is 0.176. The van der Waals surface area contributed by atoms with Crippen LogP contribution in [0.2, 0.25) is 0 Å². The highest BCUT2D eigenvalue weighted by molar-refractivity contribution is 14.1. The van der Waals surface area contributed by atoms with Gasteiger partial charge in [0.2, 0.25) is 5.88 Å². The van der Waals surface area contributed by atoms with Gasteiger partial charge in [-0.05, 0) is 95.3 Å². The van der Waals surface area contributed by atoms with Crippen LogP contribution < -0.4 is 4.74 Å². The minimum Gasteiger partial charge on any atom is -0.474 e. The predicted octanol–water partition coefficient (Wildman–Crippen LogP) is 8.35. The molecule has 5 nitrogen and oxygen atoms in total. The summed E-state index contributed by atoms with van der Waals surface area (Å²) in [6.07, 6.45) is 15.1. The Bertz CT molecular complexity index is 1700. The number of aromatic nitrogens is 3. The number of hydrogen-bond donors (Lipinski definition) is 0. The molecule has 202 valence electrons. The van der Waals surface area contributed by atoms with Crippen molar-refractivity contribution in [2.45, 2.75) is 56.8 Å². The molecule has 0 radical (unpaired) electrons. The maximum Gasteiger partial charge on any atom is 0.213 e. The van der Waals surface area contributed by atoms with Gasteiger partial charge in [0.1, 0.15) is 6.10 Å². The van der Waals surface area contributed by atoms with Crippen molar-refractivity contribution in [2.24, 2.45) is 7.05 Å². The second-order valence-electron chi connectivity index (χ2n) is 11.0. The van der Waals surface area contributed by atoms with Crippen LogP contribution >= 0.6 is 22.6 Å². The highest BCUT2D eigenvalue weighted by atomic mass is 127. The number of halogens is 1. The third kappa shape index (κ3) is 5.15. The molecule has 1 saturated carbocycles. The van der Waals surface area contributed by atoms with E-state index in [1.807, 2.05) is 24.7 Å². The van der Waals surface area contributed by atoms with Crippen LogP contribution in [0.4, 0.5) is 0 Å². The SMILES string of the molecule is Cn1c2ccncc2c2ccc(-c3ccc(O[C@H]4C[C@H](OC5CCC=C(c6cccc(I)c6)CC5)C4)nc3)cc21. The van der Waals surface area contributed by atoms with Gasteiger partial charge in [0.15, 0.2) is 0 Å². The van der Waals surface area contributed by atoms with E-state index in [9.17, 15) is 0 Å². The summed E-state index contributed by atoms with van der Waals surface area (Å²) in [5, 5.41) is 2.40. The van der Waals surface area contributed by atoms with Crippen LogP contribution in [0.3, 0.4) is 0 Å². The summed E-state index contributed by atoms with van der Waals surface area (Å²) in [5.74, 6) is 0.685. The lowest BCUT2D eigenvalue weighted by Gasteiger charge is -2.37. The van der Waals surface area contributed by atoms with E-state index < -0.39 is 0 Å². The number of ether oxygens (including phenoxy) is 2. The summed E-state index contributed by atoms with van der Waals surface area (Å²) in [6, 6.07) is 21.5. The topological polar surface area (TPSA) is 49.2 Å². The predicted molar refractivity (Wildman–Crippen MR) is 169 cm³/mol. The van der Waals surface area contributed by atoms with E-state index in [0.717, 1.165) is 49.7 Å². The Hall–Kier alpha value is -3.23. The van der Waals surface area contributed by atoms with Crippen molar-refractivity contribution >= 4 is 50.0 Å². The first-order valence-corrected chi connectivity index (χ1v) is 15.2. The van der Waals surface area contributed by atoms with Crippen molar-refractivity contribution in [1.29, 1.82) is 0 Å². The molecule has 1 fully saturated rings. The first-order valence-electron chi connectivity index (χ1n) is 14.2. The highest BCUT2D eigenvalue weighted by Gasteiger charge is 2.34. The fourth-order valence-corrected chi connectivity index (χ4v) is 6.66. The van der Waals surface area contributed by atoms with Gasteiger partial charge in [0.25, 0.3) is 0 Å². The van der Waals surface area contributed by atoms with Crippen molar-refractivity contribution in [3.8, 4) is 17.0 Å². The molecule has 0 saturated heterocycles. The molecular weight excluding hydrogens is 609 g/mol. The normalized spacial score (nSPS) is 21.1. The Kier molecular flexibility index (Phi) is 7.06. The number of nitrogens with zero attached hydrogens (tertiary/aromatic N) is 3.